The maximum atomic E-state index is 10.0. The number of carbonyl (C=O) groups excluding carboxylic acids is 8. The quantitative estimate of drug-likeness (QED) is 0.0403. The Morgan fingerprint density at radius 3 is 0.250 bits per heavy atom. The van der Waals surface area contributed by atoms with Gasteiger partial charge < -0.3 is 79.2 Å². The number of hydrogen-bond acceptors (Lipinski definition) is 16. The van der Waals surface area contributed by atoms with E-state index in [0.717, 1.165) is 103 Å². The topological polar surface area (TPSA) is 321 Å². The zero-order valence-corrected chi connectivity index (χ0v) is 82.8. The molecule has 0 saturated heterocycles. The number of carboxylic acids is 8. The number of carboxylic acid groups (broad SMARTS) is 8. The van der Waals surface area contributed by atoms with Crippen molar-refractivity contribution in [3.8, 4) is 0 Å². The Balaban J connectivity index is -0.0000000880. The third-order valence-corrected chi connectivity index (χ3v) is 15.9. The third-order valence-electron chi connectivity index (χ3n) is 15.9. The number of rotatable bonds is 64. The fourth-order valence-corrected chi connectivity index (χ4v) is 9.81. The van der Waals surface area contributed by atoms with Crippen LogP contribution in [0.3, 0.4) is 0 Å². The second-order valence-corrected chi connectivity index (χ2v) is 25.9. The van der Waals surface area contributed by atoms with Gasteiger partial charge in [-0.25, -0.2) is 0 Å². The van der Waals surface area contributed by atoms with Crippen LogP contribution in [0.25, 0.3) is 0 Å². The second kappa shape index (κ2) is 122. The van der Waals surface area contributed by atoms with Crippen molar-refractivity contribution in [2.24, 2.45) is 0 Å². The summed E-state index contributed by atoms with van der Waals surface area (Å²) in [7, 11) is 0. The van der Waals surface area contributed by atoms with Gasteiger partial charge in [0, 0.05) is 47.8 Å². The molecule has 0 N–H and O–H groups in total. The minimum absolute atomic E-state index is 0. The monoisotopic (exact) mass is 1820 g/mol. The van der Waals surface area contributed by atoms with Crippen molar-refractivity contribution in [2.75, 3.05) is 0 Å². The number of carbonyl (C=O) groups is 8. The van der Waals surface area contributed by atoms with Crippen molar-refractivity contribution in [1.29, 1.82) is 0 Å². The van der Waals surface area contributed by atoms with Gasteiger partial charge in [-0.15, -0.1) is 0 Å². The van der Waals surface area contributed by atoms with Crippen LogP contribution in [0.2, 0.25) is 0 Å². The maximum absolute atomic E-state index is 10.0. The van der Waals surface area contributed by atoms with Gasteiger partial charge in [0.05, 0.1) is 0 Å². The molecule has 0 aliphatic heterocycles. The van der Waals surface area contributed by atoms with E-state index >= 15 is 0 Å². The number of unbranched alkanes of at least 4 members (excludes halogenated alkanes) is 48. The standard InChI is InChI=1S/8C10H20O2.4Cd/c8*1-2-3-4-5-6-7-8-9-10(11)12;;;;/h8*2-9H2,1H3,(H,11,12);;;;/q;;;;;;;;4*+2/p-8. The molecule has 0 aromatic carbocycles. The predicted octanol–water partition coefficient (Wildman–Crippen LogP) is 15.0. The Morgan fingerprint density at radius 2 is 0.190 bits per heavy atom. The summed E-state index contributed by atoms with van der Waals surface area (Å²) in [5.74, 6) is -7.31. The van der Waals surface area contributed by atoms with E-state index in [1.165, 1.54) is 257 Å². The first kappa shape index (κ1) is 126. The van der Waals surface area contributed by atoms with E-state index in [9.17, 15) is 79.2 Å². The molecule has 0 spiro atoms. The zero-order chi connectivity index (χ0) is 73.9. The molecule has 0 radical (unpaired) electrons. The molecule has 16 nitrogen and oxygen atoms in total. The van der Waals surface area contributed by atoms with Crippen LogP contribution >= 0.6 is 0 Å². The van der Waals surface area contributed by atoms with Crippen LogP contribution in [0.15, 0.2) is 0 Å². The van der Waals surface area contributed by atoms with Crippen molar-refractivity contribution >= 4 is 47.8 Å². The largest absolute Gasteiger partial charge is 2.00 e. The van der Waals surface area contributed by atoms with E-state index in [1.54, 1.807) is 0 Å². The van der Waals surface area contributed by atoms with E-state index in [-0.39, 0.29) is 161 Å². The summed E-state index contributed by atoms with van der Waals surface area (Å²) in [4.78, 5) is 80.2. The molecule has 0 aromatic heterocycles. The van der Waals surface area contributed by atoms with Crippen LogP contribution in [0.4, 0.5) is 0 Å². The Labute approximate surface area is 695 Å². The number of aliphatic carboxylic acids is 8. The average Bonchev–Trinajstić information content (AvgIpc) is 3.60. The predicted molar refractivity (Wildman–Crippen MR) is 381 cm³/mol. The van der Waals surface area contributed by atoms with Gasteiger partial charge in [0.25, 0.3) is 0 Å². The second-order valence-electron chi connectivity index (χ2n) is 25.9. The third kappa shape index (κ3) is 178. The van der Waals surface area contributed by atoms with Crippen molar-refractivity contribution < 1.29 is 188 Å². The summed E-state index contributed by atoms with van der Waals surface area (Å²) in [6.07, 6.45) is 66.7. The fourth-order valence-electron chi connectivity index (χ4n) is 9.81. The van der Waals surface area contributed by atoms with Gasteiger partial charge in [0.2, 0.25) is 0 Å². The Hall–Kier alpha value is -0.552. The van der Waals surface area contributed by atoms with Crippen molar-refractivity contribution in [1.82, 2.24) is 0 Å². The molecule has 0 aliphatic carbocycles. The number of hydrogen-bond donors (Lipinski definition) is 0. The van der Waals surface area contributed by atoms with Gasteiger partial charge in [0.1, 0.15) is 0 Å². The molecule has 0 atom stereocenters. The molecule has 0 aliphatic rings. The maximum Gasteiger partial charge on any atom is 2.00 e. The molecule has 0 fully saturated rings. The first-order valence-electron chi connectivity index (χ1n) is 39.8. The van der Waals surface area contributed by atoms with Gasteiger partial charge in [-0.05, 0) is 103 Å². The summed E-state index contributed by atoms with van der Waals surface area (Å²) in [6.45, 7) is 17.5. The normalized spacial score (nSPS) is 9.68. The van der Waals surface area contributed by atoms with E-state index < -0.39 is 47.8 Å². The summed E-state index contributed by atoms with van der Waals surface area (Å²) < 4.78 is 0. The van der Waals surface area contributed by atoms with E-state index in [0.29, 0.717) is 0 Å². The molecule has 0 aromatic rings. The molecule has 20 heteroatoms. The van der Waals surface area contributed by atoms with E-state index in [1.807, 2.05) is 0 Å². The molecule has 100 heavy (non-hydrogen) atoms. The summed E-state index contributed by atoms with van der Waals surface area (Å²) in [5.41, 5.74) is 0. The minimum atomic E-state index is -0.913. The van der Waals surface area contributed by atoms with Crippen LogP contribution in [0.1, 0.15) is 466 Å². The zero-order valence-electron chi connectivity index (χ0n) is 66.6. The summed E-state index contributed by atoms with van der Waals surface area (Å²) in [6, 6.07) is 0. The molecular weight excluding hydrogens is 1670 g/mol. The molecule has 0 amide bonds. The van der Waals surface area contributed by atoms with Crippen molar-refractivity contribution in [2.45, 2.75) is 466 Å². The Kier molecular flexibility index (Phi) is 154. The van der Waals surface area contributed by atoms with Gasteiger partial charge in [-0.1, -0.05) is 364 Å². The van der Waals surface area contributed by atoms with Crippen molar-refractivity contribution in [3.63, 3.8) is 0 Å². The van der Waals surface area contributed by atoms with Gasteiger partial charge in [-0.2, -0.15) is 0 Å². The van der Waals surface area contributed by atoms with Crippen molar-refractivity contribution in [3.05, 3.63) is 0 Å². The van der Waals surface area contributed by atoms with Crippen LogP contribution in [0.5, 0.6) is 0 Å². The summed E-state index contributed by atoms with van der Waals surface area (Å²) >= 11 is 0. The van der Waals surface area contributed by atoms with Crippen LogP contribution in [-0.2, 0) is 148 Å². The molecule has 0 saturated carbocycles. The van der Waals surface area contributed by atoms with Gasteiger partial charge in [-0.3, -0.25) is 0 Å². The fraction of sp³-hybridized carbons (Fsp3) is 0.900. The first-order chi connectivity index (χ1) is 46.2. The van der Waals surface area contributed by atoms with Gasteiger partial charge >= 0.3 is 109 Å². The first-order valence-corrected chi connectivity index (χ1v) is 39.8. The smallest absolute Gasteiger partial charge is 0.550 e. The minimum Gasteiger partial charge on any atom is -0.550 e. The van der Waals surface area contributed by atoms with Gasteiger partial charge in [0.15, 0.2) is 0 Å². The molecule has 0 bridgehead atoms. The molecule has 0 rings (SSSR count). The van der Waals surface area contributed by atoms with Crippen LogP contribution < -0.4 is 40.9 Å². The van der Waals surface area contributed by atoms with Crippen LogP contribution in [0, 0.1) is 0 Å². The Morgan fingerprint density at radius 1 is 0.130 bits per heavy atom. The molecule has 576 valence electrons. The molecule has 0 unspecified atom stereocenters. The Bertz CT molecular complexity index is 1240. The SMILES string of the molecule is CCCCCCCCCC(=O)[O-].CCCCCCCCCC(=O)[O-].CCCCCCCCCC(=O)[O-].CCCCCCCCCC(=O)[O-].CCCCCCCCCC(=O)[O-].CCCCCCCCCC(=O)[O-].CCCCCCCCCC(=O)[O-].CCCCCCCCCC(=O)[O-].[Cd+2].[Cd+2].[Cd+2].[Cd+2]. The molecule has 0 heterocycles. The molecular formula is C80H152Cd4O16. The average molecular weight is 1820 g/mol. The van der Waals surface area contributed by atoms with E-state index in [4.69, 9.17) is 0 Å². The van der Waals surface area contributed by atoms with E-state index in [2.05, 4.69) is 55.4 Å². The van der Waals surface area contributed by atoms with Crippen LogP contribution in [-0.4, -0.2) is 47.8 Å². The summed E-state index contributed by atoms with van der Waals surface area (Å²) in [5, 5.41) is 80.2.